The first-order chi connectivity index (χ1) is 15.1. The van der Waals surface area contributed by atoms with Crippen molar-refractivity contribution in [2.45, 2.75) is 18.4 Å². The Balaban J connectivity index is 1.73. The number of nitrogens with one attached hydrogen (secondary N) is 1. The molecule has 0 aromatic heterocycles. The van der Waals surface area contributed by atoms with E-state index in [1.54, 1.807) is 12.1 Å². The van der Waals surface area contributed by atoms with Crippen LogP contribution in [-0.4, -0.2) is 28.0 Å². The van der Waals surface area contributed by atoms with Crippen LogP contribution in [0, 0.1) is 6.92 Å². The fourth-order valence-electron chi connectivity index (χ4n) is 2.80. The van der Waals surface area contributed by atoms with Crippen molar-refractivity contribution >= 4 is 38.9 Å². The number of halogens is 3. The van der Waals surface area contributed by atoms with Gasteiger partial charge in [0.05, 0.1) is 15.6 Å². The predicted molar refractivity (Wildman–Crippen MR) is 119 cm³/mol. The first-order valence-electron chi connectivity index (χ1n) is 9.29. The minimum Gasteiger partial charge on any atom is -0.433 e. The van der Waals surface area contributed by atoms with Gasteiger partial charge in [-0.25, -0.2) is 8.42 Å². The molecule has 0 unspecified atom stereocenters. The number of alkyl halides is 2. The molecule has 3 aromatic carbocycles. The SMILES string of the molecule is Cc1ccc(S(=O)(=O)N(C)c2ccc(C(=O)Nc3ccc(OC(F)F)c(Cl)c3)cc2)cc1. The van der Waals surface area contributed by atoms with Crippen molar-refractivity contribution in [3.8, 4) is 5.75 Å². The van der Waals surface area contributed by atoms with Gasteiger partial charge < -0.3 is 10.1 Å². The van der Waals surface area contributed by atoms with E-state index in [2.05, 4.69) is 10.1 Å². The van der Waals surface area contributed by atoms with Gasteiger partial charge in [0.1, 0.15) is 5.75 Å². The molecule has 0 atom stereocenters. The highest BCUT2D eigenvalue weighted by atomic mass is 35.5. The van der Waals surface area contributed by atoms with Crippen LogP contribution in [0.25, 0.3) is 0 Å². The number of carbonyl (C=O) groups excluding carboxylic acids is 1. The van der Waals surface area contributed by atoms with Crippen molar-refractivity contribution in [2.75, 3.05) is 16.7 Å². The second kappa shape index (κ2) is 9.54. The largest absolute Gasteiger partial charge is 0.433 e. The Bertz CT molecular complexity index is 1220. The maximum atomic E-state index is 12.8. The molecule has 0 fully saturated rings. The van der Waals surface area contributed by atoms with Crippen LogP contribution < -0.4 is 14.4 Å². The fourth-order valence-corrected chi connectivity index (χ4v) is 4.22. The first-order valence-corrected chi connectivity index (χ1v) is 11.1. The summed E-state index contributed by atoms with van der Waals surface area (Å²) >= 11 is 5.89. The molecular weight excluding hydrogens is 462 g/mol. The highest BCUT2D eigenvalue weighted by molar-refractivity contribution is 7.92. The van der Waals surface area contributed by atoms with Crippen LogP contribution in [0.5, 0.6) is 5.75 Å². The molecule has 0 radical (unpaired) electrons. The van der Waals surface area contributed by atoms with Crippen LogP contribution in [0.2, 0.25) is 5.02 Å². The summed E-state index contributed by atoms with van der Waals surface area (Å²) in [4.78, 5) is 12.6. The topological polar surface area (TPSA) is 75.7 Å². The van der Waals surface area contributed by atoms with Gasteiger partial charge in [-0.2, -0.15) is 8.78 Å². The minimum atomic E-state index is -3.76. The van der Waals surface area contributed by atoms with Crippen molar-refractivity contribution in [1.29, 1.82) is 0 Å². The van der Waals surface area contributed by atoms with Crippen LogP contribution in [0.4, 0.5) is 20.2 Å². The smallest absolute Gasteiger partial charge is 0.387 e. The van der Waals surface area contributed by atoms with Gasteiger partial charge in [0, 0.05) is 18.3 Å². The van der Waals surface area contributed by atoms with Crippen molar-refractivity contribution < 1.29 is 26.7 Å². The summed E-state index contributed by atoms with van der Waals surface area (Å²) in [7, 11) is -2.33. The average Bonchev–Trinajstić information content (AvgIpc) is 2.75. The van der Waals surface area contributed by atoms with E-state index in [4.69, 9.17) is 11.6 Å². The Morgan fingerprint density at radius 3 is 2.22 bits per heavy atom. The van der Waals surface area contributed by atoms with E-state index < -0.39 is 22.5 Å². The molecule has 0 spiro atoms. The summed E-state index contributed by atoms with van der Waals surface area (Å²) in [6, 6.07) is 16.3. The van der Waals surface area contributed by atoms with Crippen LogP contribution in [0.15, 0.2) is 71.6 Å². The number of hydrogen-bond donors (Lipinski definition) is 1. The fraction of sp³-hybridized carbons (Fsp3) is 0.136. The molecule has 0 bridgehead atoms. The molecule has 1 N–H and O–H groups in total. The molecule has 0 heterocycles. The number of amides is 1. The lowest BCUT2D eigenvalue weighted by Crippen LogP contribution is -2.26. The third kappa shape index (κ3) is 5.35. The highest BCUT2D eigenvalue weighted by Crippen LogP contribution is 2.29. The number of anilines is 2. The quantitative estimate of drug-likeness (QED) is 0.496. The number of benzene rings is 3. The van der Waals surface area contributed by atoms with E-state index >= 15 is 0 Å². The lowest BCUT2D eigenvalue weighted by atomic mass is 10.2. The zero-order valence-corrected chi connectivity index (χ0v) is 18.6. The summed E-state index contributed by atoms with van der Waals surface area (Å²) in [5.41, 5.74) is 1.86. The van der Waals surface area contributed by atoms with Crippen molar-refractivity contribution in [1.82, 2.24) is 0 Å². The summed E-state index contributed by atoms with van der Waals surface area (Å²) in [6.45, 7) is -1.15. The van der Waals surface area contributed by atoms with E-state index in [9.17, 15) is 22.0 Å². The maximum absolute atomic E-state index is 12.8. The lowest BCUT2D eigenvalue weighted by molar-refractivity contribution is -0.0497. The van der Waals surface area contributed by atoms with Crippen molar-refractivity contribution in [2.24, 2.45) is 0 Å². The summed E-state index contributed by atoms with van der Waals surface area (Å²) in [5, 5.41) is 2.51. The standard InChI is InChI=1S/C22H19ClF2N2O4S/c1-14-3-10-18(11-4-14)32(29,30)27(2)17-8-5-15(6-9-17)21(28)26-16-7-12-20(19(23)13-16)31-22(24)25/h3-13,22H,1-2H3,(H,26,28). The molecule has 0 aliphatic heterocycles. The molecule has 1 amide bonds. The first kappa shape index (κ1) is 23.5. The molecular formula is C22H19ClF2N2O4S. The molecule has 0 saturated carbocycles. The van der Waals surface area contributed by atoms with Gasteiger partial charge in [-0.15, -0.1) is 0 Å². The van der Waals surface area contributed by atoms with Crippen LogP contribution >= 0.6 is 11.6 Å². The Hall–Kier alpha value is -3.17. The third-order valence-corrected chi connectivity index (χ3v) is 6.67. The Labute approximate surface area is 189 Å². The van der Waals surface area contributed by atoms with Crippen LogP contribution in [0.1, 0.15) is 15.9 Å². The zero-order chi connectivity index (χ0) is 23.5. The Kier molecular flexibility index (Phi) is 7.00. The predicted octanol–water partition coefficient (Wildman–Crippen LogP) is 5.33. The number of carbonyl (C=O) groups is 1. The van der Waals surface area contributed by atoms with E-state index in [-0.39, 0.29) is 26.9 Å². The van der Waals surface area contributed by atoms with E-state index in [0.717, 1.165) is 9.87 Å². The number of nitrogens with zero attached hydrogens (tertiary/aromatic N) is 1. The van der Waals surface area contributed by atoms with Crippen LogP contribution in [0.3, 0.4) is 0 Å². The Morgan fingerprint density at radius 2 is 1.66 bits per heavy atom. The van der Waals surface area contributed by atoms with Gasteiger partial charge in [0.25, 0.3) is 15.9 Å². The van der Waals surface area contributed by atoms with E-state index in [0.29, 0.717) is 5.69 Å². The molecule has 32 heavy (non-hydrogen) atoms. The monoisotopic (exact) mass is 480 g/mol. The highest BCUT2D eigenvalue weighted by Gasteiger charge is 2.21. The number of aryl methyl sites for hydroxylation is 1. The van der Waals surface area contributed by atoms with Crippen LogP contribution in [-0.2, 0) is 10.0 Å². The lowest BCUT2D eigenvalue weighted by Gasteiger charge is -2.20. The normalized spacial score (nSPS) is 11.3. The second-order valence-electron chi connectivity index (χ2n) is 6.81. The maximum Gasteiger partial charge on any atom is 0.387 e. The van der Waals surface area contributed by atoms with E-state index in [1.165, 1.54) is 61.6 Å². The molecule has 0 aliphatic carbocycles. The molecule has 0 aliphatic rings. The van der Waals surface area contributed by atoms with Gasteiger partial charge in [-0.3, -0.25) is 9.10 Å². The van der Waals surface area contributed by atoms with Crippen molar-refractivity contribution in [3.63, 3.8) is 0 Å². The number of sulfonamides is 1. The van der Waals surface area contributed by atoms with Gasteiger partial charge in [0.15, 0.2) is 0 Å². The van der Waals surface area contributed by atoms with Crippen molar-refractivity contribution in [3.05, 3.63) is 82.9 Å². The molecule has 3 rings (SSSR count). The number of ether oxygens (including phenoxy) is 1. The number of hydrogen-bond acceptors (Lipinski definition) is 4. The molecule has 168 valence electrons. The number of rotatable bonds is 7. The van der Waals surface area contributed by atoms with Gasteiger partial charge >= 0.3 is 6.61 Å². The second-order valence-corrected chi connectivity index (χ2v) is 9.19. The summed E-state index contributed by atoms with van der Waals surface area (Å²) in [5.74, 6) is -0.693. The minimum absolute atomic E-state index is 0.0821. The molecule has 0 saturated heterocycles. The summed E-state index contributed by atoms with van der Waals surface area (Å²) in [6.07, 6.45) is 0. The van der Waals surface area contributed by atoms with Gasteiger partial charge in [-0.1, -0.05) is 29.3 Å². The van der Waals surface area contributed by atoms with E-state index in [1.807, 2.05) is 6.92 Å². The molecule has 6 nitrogen and oxygen atoms in total. The average molecular weight is 481 g/mol. The third-order valence-electron chi connectivity index (χ3n) is 4.58. The molecule has 10 heteroatoms. The molecule has 3 aromatic rings. The summed E-state index contributed by atoms with van der Waals surface area (Å²) < 4.78 is 55.6. The van der Waals surface area contributed by atoms with Gasteiger partial charge in [0.2, 0.25) is 0 Å². The zero-order valence-electron chi connectivity index (χ0n) is 17.1. The van der Waals surface area contributed by atoms with Gasteiger partial charge in [-0.05, 0) is 61.5 Å². The Morgan fingerprint density at radius 1 is 1.03 bits per heavy atom.